The van der Waals surface area contributed by atoms with Crippen LogP contribution in [0.5, 0.6) is 0 Å². The Morgan fingerprint density at radius 3 is 2.90 bits per heavy atom. The van der Waals surface area contributed by atoms with Gasteiger partial charge in [0.15, 0.2) is 21.5 Å². The van der Waals surface area contributed by atoms with Crippen LogP contribution in [-0.2, 0) is 14.6 Å². The Kier molecular flexibility index (Phi) is 3.89. The van der Waals surface area contributed by atoms with Crippen molar-refractivity contribution < 1.29 is 22.7 Å². The number of nitrogens with zero attached hydrogens (tertiary/aromatic N) is 3. The maximum atomic E-state index is 14.0. The molecular formula is C11H14FN3O4S. The molecule has 0 saturated carbocycles. The number of aryl methyl sites for hydroxylation is 1. The monoisotopic (exact) mass is 303 g/mol. The Bertz CT molecular complexity index is 635. The van der Waals surface area contributed by atoms with Crippen LogP contribution in [0.3, 0.4) is 0 Å². The summed E-state index contributed by atoms with van der Waals surface area (Å²) >= 11 is 0. The second kappa shape index (κ2) is 5.31. The highest BCUT2D eigenvalue weighted by atomic mass is 32.2. The zero-order valence-electron chi connectivity index (χ0n) is 10.8. The third-order valence-electron chi connectivity index (χ3n) is 3.16. The zero-order chi connectivity index (χ0) is 14.9. The number of aromatic nitrogens is 2. The molecule has 2 heterocycles. The number of carboxylic acids is 1. The van der Waals surface area contributed by atoms with Crippen LogP contribution >= 0.6 is 0 Å². The number of anilines is 1. The minimum Gasteiger partial charge on any atom is -0.481 e. The van der Waals surface area contributed by atoms with Gasteiger partial charge in [0.2, 0.25) is 0 Å². The topological polar surface area (TPSA) is 100 Å². The van der Waals surface area contributed by atoms with Gasteiger partial charge in [0.05, 0.1) is 29.7 Å². The number of hydrogen-bond acceptors (Lipinski definition) is 6. The van der Waals surface area contributed by atoms with Crippen LogP contribution < -0.4 is 4.90 Å². The molecule has 0 aliphatic carbocycles. The first kappa shape index (κ1) is 14.6. The van der Waals surface area contributed by atoms with Crippen LogP contribution in [0.1, 0.15) is 12.1 Å². The Morgan fingerprint density at radius 1 is 1.55 bits per heavy atom. The lowest BCUT2D eigenvalue weighted by Gasteiger charge is -2.35. The predicted octanol–water partition coefficient (Wildman–Crippen LogP) is 0.00222. The van der Waals surface area contributed by atoms with E-state index in [0.717, 1.165) is 0 Å². The minimum absolute atomic E-state index is 0.0215. The smallest absolute Gasteiger partial charge is 0.305 e. The van der Waals surface area contributed by atoms with Crippen LogP contribution in [0, 0.1) is 12.7 Å². The second-order valence-electron chi connectivity index (χ2n) is 4.66. The van der Waals surface area contributed by atoms with Gasteiger partial charge in [0.1, 0.15) is 6.33 Å². The van der Waals surface area contributed by atoms with E-state index in [1.807, 2.05) is 0 Å². The van der Waals surface area contributed by atoms with Crippen LogP contribution in [-0.4, -0.2) is 53.6 Å². The fraction of sp³-hybridized carbons (Fsp3) is 0.545. The van der Waals surface area contributed by atoms with E-state index in [0.29, 0.717) is 0 Å². The first-order chi connectivity index (χ1) is 9.30. The third kappa shape index (κ3) is 3.03. The van der Waals surface area contributed by atoms with Gasteiger partial charge in [0, 0.05) is 6.54 Å². The molecule has 1 unspecified atom stereocenters. The van der Waals surface area contributed by atoms with Gasteiger partial charge in [0.25, 0.3) is 0 Å². The summed E-state index contributed by atoms with van der Waals surface area (Å²) in [5.41, 5.74) is 0.137. The summed E-state index contributed by atoms with van der Waals surface area (Å²) < 4.78 is 37.3. The average Bonchev–Trinajstić information content (AvgIpc) is 2.32. The van der Waals surface area contributed by atoms with Crippen molar-refractivity contribution in [2.24, 2.45) is 0 Å². The van der Waals surface area contributed by atoms with Gasteiger partial charge in [-0.25, -0.2) is 22.8 Å². The molecule has 0 amide bonds. The molecule has 1 atom stereocenters. The molecule has 0 aromatic carbocycles. The van der Waals surface area contributed by atoms with Crippen molar-refractivity contribution in [1.29, 1.82) is 0 Å². The summed E-state index contributed by atoms with van der Waals surface area (Å²) in [6.07, 6.45) is 0.788. The van der Waals surface area contributed by atoms with Gasteiger partial charge in [-0.05, 0) is 6.92 Å². The van der Waals surface area contributed by atoms with Gasteiger partial charge in [-0.2, -0.15) is 0 Å². The fourth-order valence-corrected chi connectivity index (χ4v) is 3.71. The highest BCUT2D eigenvalue weighted by molar-refractivity contribution is 7.91. The molecule has 20 heavy (non-hydrogen) atoms. The molecule has 1 aliphatic heterocycles. The number of aliphatic carboxylic acids is 1. The van der Waals surface area contributed by atoms with Gasteiger partial charge in [-0.15, -0.1) is 0 Å². The van der Waals surface area contributed by atoms with Crippen molar-refractivity contribution in [1.82, 2.24) is 9.97 Å². The Hall–Kier alpha value is -1.77. The van der Waals surface area contributed by atoms with E-state index >= 15 is 0 Å². The van der Waals surface area contributed by atoms with Gasteiger partial charge in [-0.1, -0.05) is 0 Å². The predicted molar refractivity (Wildman–Crippen MR) is 68.8 cm³/mol. The number of sulfone groups is 1. The Balaban J connectivity index is 2.37. The minimum atomic E-state index is -3.31. The molecule has 1 aliphatic rings. The largest absolute Gasteiger partial charge is 0.481 e. The molecule has 2 rings (SSSR count). The first-order valence-electron chi connectivity index (χ1n) is 5.96. The van der Waals surface area contributed by atoms with Crippen LogP contribution in [0.2, 0.25) is 0 Å². The molecule has 0 bridgehead atoms. The lowest BCUT2D eigenvalue weighted by Crippen LogP contribution is -2.50. The van der Waals surface area contributed by atoms with E-state index in [2.05, 4.69) is 9.97 Å². The van der Waals surface area contributed by atoms with Gasteiger partial charge in [-0.3, -0.25) is 4.79 Å². The third-order valence-corrected chi connectivity index (χ3v) is 4.86. The van der Waals surface area contributed by atoms with Crippen molar-refractivity contribution in [3.63, 3.8) is 0 Å². The second-order valence-corrected chi connectivity index (χ2v) is 6.88. The Labute approximate surface area is 115 Å². The number of carbonyl (C=O) groups is 1. The number of carboxylic acid groups (broad SMARTS) is 1. The lowest BCUT2D eigenvalue weighted by atomic mass is 10.2. The summed E-state index contributed by atoms with van der Waals surface area (Å²) in [6.45, 7) is 1.49. The Morgan fingerprint density at radius 2 is 2.25 bits per heavy atom. The summed E-state index contributed by atoms with van der Waals surface area (Å²) in [7, 11) is -3.31. The molecule has 110 valence electrons. The average molecular weight is 303 g/mol. The molecule has 1 saturated heterocycles. The first-order valence-corrected chi connectivity index (χ1v) is 7.78. The molecule has 9 heteroatoms. The maximum Gasteiger partial charge on any atom is 0.305 e. The molecular weight excluding hydrogens is 289 g/mol. The van der Waals surface area contributed by atoms with Crippen molar-refractivity contribution in [3.8, 4) is 0 Å². The summed E-state index contributed by atoms with van der Waals surface area (Å²) in [5.74, 6) is -2.29. The van der Waals surface area contributed by atoms with E-state index < -0.39 is 27.7 Å². The lowest BCUT2D eigenvalue weighted by molar-refractivity contribution is -0.137. The van der Waals surface area contributed by atoms with Crippen molar-refractivity contribution in [3.05, 3.63) is 17.8 Å². The van der Waals surface area contributed by atoms with Crippen LogP contribution in [0.25, 0.3) is 0 Å². The molecule has 0 radical (unpaired) electrons. The van der Waals surface area contributed by atoms with Crippen molar-refractivity contribution in [2.45, 2.75) is 19.4 Å². The quantitative estimate of drug-likeness (QED) is 0.839. The number of hydrogen-bond donors (Lipinski definition) is 1. The highest BCUT2D eigenvalue weighted by Gasteiger charge is 2.34. The van der Waals surface area contributed by atoms with Crippen molar-refractivity contribution >= 4 is 21.6 Å². The molecule has 7 nitrogen and oxygen atoms in total. The molecule has 1 fully saturated rings. The maximum absolute atomic E-state index is 14.0. The molecule has 1 N–H and O–H groups in total. The highest BCUT2D eigenvalue weighted by Crippen LogP contribution is 2.24. The van der Waals surface area contributed by atoms with Gasteiger partial charge >= 0.3 is 5.97 Å². The fourth-order valence-electron chi connectivity index (χ4n) is 2.18. The zero-order valence-corrected chi connectivity index (χ0v) is 11.6. The molecule has 0 spiro atoms. The molecule has 1 aromatic heterocycles. The summed E-state index contributed by atoms with van der Waals surface area (Å²) in [6, 6.07) is -0.824. The van der Waals surface area contributed by atoms with E-state index in [-0.39, 0.29) is 36.0 Å². The SMILES string of the molecule is Cc1ncnc(N2CCS(=O)(=O)CC2CC(=O)O)c1F. The van der Waals surface area contributed by atoms with Crippen LogP contribution in [0.4, 0.5) is 10.2 Å². The summed E-state index contributed by atoms with van der Waals surface area (Å²) in [5, 5.41) is 8.88. The normalized spacial score (nSPS) is 21.7. The van der Waals surface area contributed by atoms with E-state index in [4.69, 9.17) is 5.11 Å². The van der Waals surface area contributed by atoms with Crippen molar-refractivity contribution in [2.75, 3.05) is 23.0 Å². The van der Waals surface area contributed by atoms with E-state index in [1.54, 1.807) is 0 Å². The van der Waals surface area contributed by atoms with E-state index in [9.17, 15) is 17.6 Å². The van der Waals surface area contributed by atoms with Gasteiger partial charge < -0.3 is 10.0 Å². The number of halogens is 1. The number of rotatable bonds is 3. The summed E-state index contributed by atoms with van der Waals surface area (Å²) in [4.78, 5) is 19.8. The standard InChI is InChI=1S/C11H14FN3O4S/c1-7-10(12)11(14-6-13-7)15-2-3-20(18,19)5-8(15)4-9(16)17/h6,8H,2-5H2,1H3,(H,16,17). The van der Waals surface area contributed by atoms with E-state index in [1.165, 1.54) is 18.2 Å². The van der Waals surface area contributed by atoms with Crippen LogP contribution in [0.15, 0.2) is 6.33 Å². The molecule has 1 aromatic rings.